The van der Waals surface area contributed by atoms with Crippen molar-refractivity contribution in [2.24, 2.45) is 0 Å². The third kappa shape index (κ3) is 2.08. The number of hydrogen-bond acceptors (Lipinski definition) is 1. The smallest absolute Gasteiger partial charge is 0.334 e. The van der Waals surface area contributed by atoms with E-state index in [2.05, 4.69) is 4.98 Å². The van der Waals surface area contributed by atoms with E-state index in [1.165, 1.54) is 0 Å². The maximum absolute atomic E-state index is 12.5. The minimum atomic E-state index is -4.33. The van der Waals surface area contributed by atoms with Crippen LogP contribution in [0.1, 0.15) is 50.0 Å². The van der Waals surface area contributed by atoms with Gasteiger partial charge in [-0.05, 0) is 19.8 Å². The van der Waals surface area contributed by atoms with Gasteiger partial charge >= 0.3 is 6.18 Å². The van der Waals surface area contributed by atoms with Crippen molar-refractivity contribution >= 4 is 0 Å². The molecule has 0 spiro atoms. The third-order valence-electron chi connectivity index (χ3n) is 3.16. The Morgan fingerprint density at radius 3 is 2.50 bits per heavy atom. The summed E-state index contributed by atoms with van der Waals surface area (Å²) >= 11 is 0. The lowest BCUT2D eigenvalue weighted by Gasteiger charge is -2.10. The summed E-state index contributed by atoms with van der Waals surface area (Å²) < 4.78 is 39.2. The van der Waals surface area contributed by atoms with Crippen LogP contribution >= 0.6 is 0 Å². The van der Waals surface area contributed by atoms with Gasteiger partial charge < -0.3 is 4.57 Å². The van der Waals surface area contributed by atoms with Gasteiger partial charge in [0.25, 0.3) is 0 Å². The summed E-state index contributed by atoms with van der Waals surface area (Å²) in [4.78, 5) is 3.77. The predicted molar refractivity (Wildman–Crippen MR) is 54.1 cm³/mol. The van der Waals surface area contributed by atoms with Crippen LogP contribution in [0.3, 0.4) is 0 Å². The highest BCUT2D eigenvalue weighted by Gasteiger charge is 2.35. The fourth-order valence-corrected chi connectivity index (χ4v) is 2.33. The molecule has 0 unspecified atom stereocenters. The van der Waals surface area contributed by atoms with E-state index in [4.69, 9.17) is 0 Å². The maximum atomic E-state index is 12.5. The Morgan fingerprint density at radius 1 is 1.38 bits per heavy atom. The molecule has 1 fully saturated rings. The highest BCUT2D eigenvalue weighted by atomic mass is 19.4. The number of halogens is 3. The molecule has 0 aromatic carbocycles. The van der Waals surface area contributed by atoms with Gasteiger partial charge in [-0.1, -0.05) is 12.8 Å². The predicted octanol–water partition coefficient (Wildman–Crippen LogP) is 3.58. The van der Waals surface area contributed by atoms with Crippen molar-refractivity contribution in [2.75, 3.05) is 0 Å². The first-order valence-electron chi connectivity index (χ1n) is 5.66. The Morgan fingerprint density at radius 2 is 2.00 bits per heavy atom. The SMILES string of the molecule is CCn1cc(C(F)(F)F)nc1C1CCCC1. The quantitative estimate of drug-likeness (QED) is 0.762. The lowest BCUT2D eigenvalue weighted by atomic mass is 10.1. The molecule has 1 aliphatic carbocycles. The third-order valence-corrected chi connectivity index (χ3v) is 3.16. The van der Waals surface area contributed by atoms with Crippen LogP contribution in [0.5, 0.6) is 0 Å². The fraction of sp³-hybridized carbons (Fsp3) is 0.727. The van der Waals surface area contributed by atoms with Crippen LogP contribution in [0.15, 0.2) is 6.20 Å². The van der Waals surface area contributed by atoms with E-state index in [-0.39, 0.29) is 5.92 Å². The van der Waals surface area contributed by atoms with Crippen LogP contribution in [-0.4, -0.2) is 9.55 Å². The van der Waals surface area contributed by atoms with Crippen molar-refractivity contribution in [3.05, 3.63) is 17.7 Å². The molecule has 1 saturated carbocycles. The van der Waals surface area contributed by atoms with Crippen molar-refractivity contribution in [1.82, 2.24) is 9.55 Å². The van der Waals surface area contributed by atoms with Gasteiger partial charge in [0.2, 0.25) is 0 Å². The molecule has 5 heteroatoms. The van der Waals surface area contributed by atoms with Crippen LogP contribution in [0.2, 0.25) is 0 Å². The number of nitrogens with zero attached hydrogens (tertiary/aromatic N) is 2. The molecule has 1 heterocycles. The van der Waals surface area contributed by atoms with E-state index < -0.39 is 11.9 Å². The van der Waals surface area contributed by atoms with Crippen molar-refractivity contribution in [1.29, 1.82) is 0 Å². The van der Waals surface area contributed by atoms with Crippen LogP contribution in [0, 0.1) is 0 Å². The molecule has 1 aromatic rings. The van der Waals surface area contributed by atoms with Crippen molar-refractivity contribution in [3.63, 3.8) is 0 Å². The standard InChI is InChI=1S/C11H15F3N2/c1-2-16-7-9(11(12,13)14)15-10(16)8-5-3-4-6-8/h7-8H,2-6H2,1H3. The molecule has 0 atom stereocenters. The van der Waals surface area contributed by atoms with Gasteiger partial charge in [-0.3, -0.25) is 0 Å². The highest BCUT2D eigenvalue weighted by molar-refractivity contribution is 5.12. The number of rotatable bonds is 2. The second kappa shape index (κ2) is 4.11. The summed E-state index contributed by atoms with van der Waals surface area (Å²) in [6.45, 7) is 2.40. The number of imidazole rings is 1. The zero-order valence-electron chi connectivity index (χ0n) is 9.22. The first-order chi connectivity index (χ1) is 7.52. The molecule has 1 aromatic heterocycles. The van der Waals surface area contributed by atoms with Gasteiger partial charge in [-0.15, -0.1) is 0 Å². The molecule has 1 aliphatic rings. The van der Waals surface area contributed by atoms with E-state index in [1.807, 2.05) is 6.92 Å². The lowest BCUT2D eigenvalue weighted by Crippen LogP contribution is -2.06. The largest absolute Gasteiger partial charge is 0.434 e. The van der Waals surface area contributed by atoms with Gasteiger partial charge in [0.1, 0.15) is 5.82 Å². The summed E-state index contributed by atoms with van der Waals surface area (Å²) in [6.07, 6.45) is 0.940. The summed E-state index contributed by atoms with van der Waals surface area (Å²) in [5.74, 6) is 0.836. The summed E-state index contributed by atoms with van der Waals surface area (Å²) in [5.41, 5.74) is -0.753. The molecule has 16 heavy (non-hydrogen) atoms. The van der Waals surface area contributed by atoms with E-state index in [1.54, 1.807) is 4.57 Å². The lowest BCUT2D eigenvalue weighted by molar-refractivity contribution is -0.141. The number of aryl methyl sites for hydroxylation is 1. The first-order valence-corrected chi connectivity index (χ1v) is 5.66. The average molecular weight is 232 g/mol. The van der Waals surface area contributed by atoms with E-state index in [0.717, 1.165) is 31.9 Å². The molecule has 0 N–H and O–H groups in total. The minimum Gasteiger partial charge on any atom is -0.334 e. The van der Waals surface area contributed by atoms with Crippen molar-refractivity contribution in [3.8, 4) is 0 Å². The molecule has 0 aliphatic heterocycles. The van der Waals surface area contributed by atoms with Crippen molar-refractivity contribution in [2.45, 2.75) is 51.2 Å². The first kappa shape index (κ1) is 11.5. The Labute approximate surface area is 92.5 Å². The molecule has 0 saturated heterocycles. The fourth-order valence-electron chi connectivity index (χ4n) is 2.33. The molecule has 90 valence electrons. The molecule has 2 nitrogen and oxygen atoms in total. The van der Waals surface area contributed by atoms with E-state index in [9.17, 15) is 13.2 Å². The average Bonchev–Trinajstić information content (AvgIpc) is 2.85. The molecular formula is C11H15F3N2. The van der Waals surface area contributed by atoms with Gasteiger partial charge in [-0.2, -0.15) is 13.2 Å². The van der Waals surface area contributed by atoms with Crippen LogP contribution in [0.4, 0.5) is 13.2 Å². The molecule has 0 radical (unpaired) electrons. The number of aromatic nitrogens is 2. The Bertz CT molecular complexity index is 362. The maximum Gasteiger partial charge on any atom is 0.434 e. The highest BCUT2D eigenvalue weighted by Crippen LogP contribution is 2.36. The monoisotopic (exact) mass is 232 g/mol. The van der Waals surface area contributed by atoms with Gasteiger partial charge in [0.05, 0.1) is 0 Å². The zero-order valence-corrected chi connectivity index (χ0v) is 9.22. The minimum absolute atomic E-state index is 0.219. The van der Waals surface area contributed by atoms with Crippen LogP contribution < -0.4 is 0 Å². The normalized spacial score (nSPS) is 18.2. The molecular weight excluding hydrogens is 217 g/mol. The molecule has 0 bridgehead atoms. The summed E-state index contributed by atoms with van der Waals surface area (Å²) in [6, 6.07) is 0. The number of hydrogen-bond donors (Lipinski definition) is 0. The van der Waals surface area contributed by atoms with E-state index in [0.29, 0.717) is 12.4 Å². The Hall–Kier alpha value is -1.00. The summed E-state index contributed by atoms with van der Waals surface area (Å²) in [7, 11) is 0. The van der Waals surface area contributed by atoms with Crippen LogP contribution in [0.25, 0.3) is 0 Å². The second-order valence-corrected chi connectivity index (χ2v) is 4.25. The summed E-state index contributed by atoms with van der Waals surface area (Å²) in [5, 5.41) is 0. The zero-order chi connectivity index (χ0) is 11.8. The van der Waals surface area contributed by atoms with Gasteiger partial charge in [-0.25, -0.2) is 4.98 Å². The topological polar surface area (TPSA) is 17.8 Å². The Kier molecular flexibility index (Phi) is 2.95. The second-order valence-electron chi connectivity index (χ2n) is 4.25. The van der Waals surface area contributed by atoms with Gasteiger partial charge in [0, 0.05) is 18.7 Å². The molecule has 2 rings (SSSR count). The number of alkyl halides is 3. The van der Waals surface area contributed by atoms with Crippen LogP contribution in [-0.2, 0) is 12.7 Å². The van der Waals surface area contributed by atoms with Crippen molar-refractivity contribution < 1.29 is 13.2 Å². The molecule has 0 amide bonds. The van der Waals surface area contributed by atoms with Gasteiger partial charge in [0.15, 0.2) is 5.69 Å². The Balaban J connectivity index is 2.32. The van der Waals surface area contributed by atoms with E-state index >= 15 is 0 Å².